The van der Waals surface area contributed by atoms with Crippen LogP contribution >= 0.6 is 11.6 Å². The van der Waals surface area contributed by atoms with E-state index in [4.69, 9.17) is 16.3 Å². The summed E-state index contributed by atoms with van der Waals surface area (Å²) >= 11 is 6.12. The number of hydrogen-bond donors (Lipinski definition) is 1. The Morgan fingerprint density at radius 2 is 2.17 bits per heavy atom. The van der Waals surface area contributed by atoms with Gasteiger partial charge < -0.3 is 9.64 Å². The highest BCUT2D eigenvalue weighted by molar-refractivity contribution is 6.34. The molecule has 6 nitrogen and oxygen atoms in total. The van der Waals surface area contributed by atoms with Gasteiger partial charge in [-0.3, -0.25) is 14.9 Å². The molecule has 0 bridgehead atoms. The monoisotopic (exact) mass is 344 g/mol. The Hall–Kier alpha value is -2.60. The molecule has 0 spiro atoms. The molecule has 1 aromatic carbocycles. The number of carbonyl (C=O) groups excluding carboxylic acids is 1. The molecule has 0 radical (unpaired) electrons. The summed E-state index contributed by atoms with van der Waals surface area (Å²) in [6.07, 6.45) is 1.72. The summed E-state index contributed by atoms with van der Waals surface area (Å²) < 4.78 is 5.35. The van der Waals surface area contributed by atoms with Crippen LogP contribution in [-0.2, 0) is 6.54 Å². The van der Waals surface area contributed by atoms with Gasteiger partial charge in [-0.15, -0.1) is 0 Å². The van der Waals surface area contributed by atoms with Crippen LogP contribution in [0.2, 0.25) is 5.02 Å². The van der Waals surface area contributed by atoms with Crippen LogP contribution in [0.1, 0.15) is 21.7 Å². The minimum Gasteiger partial charge on any atom is -0.494 e. The summed E-state index contributed by atoms with van der Waals surface area (Å²) in [7, 11) is 3.33. The zero-order chi connectivity index (χ0) is 17.3. The fourth-order valence-corrected chi connectivity index (χ4v) is 2.74. The van der Waals surface area contributed by atoms with E-state index >= 15 is 0 Å². The number of amides is 1. The maximum atomic E-state index is 12.6. The number of nitrogens with zero attached hydrogens (tertiary/aromatic N) is 3. The van der Waals surface area contributed by atoms with Gasteiger partial charge in [0.05, 0.1) is 17.8 Å². The number of aryl methyl sites for hydroxylation is 1. The van der Waals surface area contributed by atoms with Crippen LogP contribution in [0.25, 0.3) is 10.9 Å². The molecular formula is C17H17ClN4O2. The number of pyridine rings is 1. The molecule has 3 rings (SSSR count). The third kappa shape index (κ3) is 2.80. The maximum Gasteiger partial charge on any atom is 0.275 e. The molecule has 0 aliphatic carbocycles. The molecule has 1 N–H and O–H groups in total. The predicted octanol–water partition coefficient (Wildman–Crippen LogP) is 3.20. The molecule has 0 saturated carbocycles. The van der Waals surface area contributed by atoms with Crippen LogP contribution in [0.15, 0.2) is 30.5 Å². The van der Waals surface area contributed by atoms with E-state index in [9.17, 15) is 4.79 Å². The number of methoxy groups -OCH3 is 1. The second-order valence-electron chi connectivity index (χ2n) is 5.50. The third-order valence-electron chi connectivity index (χ3n) is 3.87. The van der Waals surface area contributed by atoms with Crippen molar-refractivity contribution < 1.29 is 9.53 Å². The molecule has 1 amide bonds. The summed E-state index contributed by atoms with van der Waals surface area (Å²) in [6.45, 7) is 2.18. The Morgan fingerprint density at radius 1 is 1.38 bits per heavy atom. The van der Waals surface area contributed by atoms with Gasteiger partial charge in [0.1, 0.15) is 11.3 Å². The van der Waals surface area contributed by atoms with Gasteiger partial charge >= 0.3 is 0 Å². The van der Waals surface area contributed by atoms with Gasteiger partial charge in [-0.1, -0.05) is 23.7 Å². The van der Waals surface area contributed by atoms with Gasteiger partial charge in [0.25, 0.3) is 5.91 Å². The Kier molecular flexibility index (Phi) is 4.40. The Bertz CT molecular complexity index is 907. The van der Waals surface area contributed by atoms with Crippen LogP contribution < -0.4 is 4.74 Å². The SMILES string of the molecule is COc1ccc(CN(C)C(=O)c2n[nH]c(C)c2Cl)c2cccnc12. The summed E-state index contributed by atoms with van der Waals surface area (Å²) in [5.41, 5.74) is 2.64. The molecule has 2 aromatic heterocycles. The topological polar surface area (TPSA) is 71.1 Å². The van der Waals surface area contributed by atoms with Crippen molar-refractivity contribution in [3.63, 3.8) is 0 Å². The molecule has 0 aliphatic heterocycles. The molecule has 0 saturated heterocycles. The number of aromatic amines is 1. The van der Waals surface area contributed by atoms with Crippen LogP contribution in [0.5, 0.6) is 5.75 Å². The number of rotatable bonds is 4. The lowest BCUT2D eigenvalue weighted by Crippen LogP contribution is -2.27. The zero-order valence-corrected chi connectivity index (χ0v) is 14.4. The standard InChI is InChI=1S/C17H17ClN4O2/c1-10-14(18)16(21-20-10)17(23)22(2)9-11-6-7-13(24-3)15-12(11)5-4-8-19-15/h4-8H,9H2,1-3H3,(H,20,21). The molecule has 7 heteroatoms. The lowest BCUT2D eigenvalue weighted by Gasteiger charge is -2.18. The molecular weight excluding hydrogens is 328 g/mol. The average molecular weight is 345 g/mol. The van der Waals surface area contributed by atoms with Crippen molar-refractivity contribution in [3.8, 4) is 5.75 Å². The fraction of sp³-hybridized carbons (Fsp3) is 0.235. The quantitative estimate of drug-likeness (QED) is 0.789. The highest BCUT2D eigenvalue weighted by Gasteiger charge is 2.21. The number of fused-ring (bicyclic) bond motifs is 1. The van der Waals surface area contributed by atoms with E-state index in [1.54, 1.807) is 32.2 Å². The van der Waals surface area contributed by atoms with Crippen molar-refractivity contribution in [3.05, 3.63) is 52.4 Å². The first-order valence-corrected chi connectivity index (χ1v) is 7.77. The van der Waals surface area contributed by atoms with Crippen molar-refractivity contribution in [2.75, 3.05) is 14.2 Å². The van der Waals surface area contributed by atoms with Gasteiger partial charge in [0.2, 0.25) is 0 Å². The number of aromatic nitrogens is 3. The first kappa shape index (κ1) is 16.3. The van der Waals surface area contributed by atoms with Gasteiger partial charge in [0.15, 0.2) is 5.69 Å². The zero-order valence-electron chi connectivity index (χ0n) is 13.6. The minimum absolute atomic E-state index is 0.229. The number of hydrogen-bond acceptors (Lipinski definition) is 4. The van der Waals surface area contributed by atoms with E-state index in [1.807, 2.05) is 24.3 Å². The highest BCUT2D eigenvalue weighted by atomic mass is 35.5. The van der Waals surface area contributed by atoms with Crippen molar-refractivity contribution in [1.82, 2.24) is 20.1 Å². The van der Waals surface area contributed by atoms with Crippen molar-refractivity contribution in [2.24, 2.45) is 0 Å². The number of carbonyl (C=O) groups is 1. The largest absolute Gasteiger partial charge is 0.494 e. The summed E-state index contributed by atoms with van der Waals surface area (Å²) in [4.78, 5) is 18.5. The van der Waals surface area contributed by atoms with E-state index in [-0.39, 0.29) is 11.6 Å². The van der Waals surface area contributed by atoms with E-state index < -0.39 is 0 Å². The van der Waals surface area contributed by atoms with Gasteiger partial charge in [-0.2, -0.15) is 5.10 Å². The smallest absolute Gasteiger partial charge is 0.275 e. The first-order chi connectivity index (χ1) is 11.5. The van der Waals surface area contributed by atoms with Gasteiger partial charge in [0, 0.05) is 25.2 Å². The van der Waals surface area contributed by atoms with Crippen molar-refractivity contribution >= 4 is 28.4 Å². The van der Waals surface area contributed by atoms with E-state index in [1.165, 1.54) is 0 Å². The summed E-state index contributed by atoms with van der Waals surface area (Å²) in [5.74, 6) is 0.464. The van der Waals surface area contributed by atoms with Gasteiger partial charge in [-0.05, 0) is 24.6 Å². The molecule has 2 heterocycles. The van der Waals surface area contributed by atoms with Crippen LogP contribution in [-0.4, -0.2) is 40.1 Å². The fourth-order valence-electron chi connectivity index (χ4n) is 2.57. The molecule has 24 heavy (non-hydrogen) atoms. The molecule has 0 atom stereocenters. The number of H-pyrrole nitrogens is 1. The van der Waals surface area contributed by atoms with Gasteiger partial charge in [-0.25, -0.2) is 0 Å². The molecule has 0 unspecified atom stereocenters. The first-order valence-electron chi connectivity index (χ1n) is 7.39. The van der Waals surface area contributed by atoms with Crippen molar-refractivity contribution in [2.45, 2.75) is 13.5 Å². The lowest BCUT2D eigenvalue weighted by molar-refractivity contribution is 0.0780. The van der Waals surface area contributed by atoms with E-state index in [0.717, 1.165) is 16.5 Å². The third-order valence-corrected chi connectivity index (χ3v) is 4.33. The molecule has 0 aliphatic rings. The minimum atomic E-state index is -0.239. The van der Waals surface area contributed by atoms with Crippen LogP contribution in [0, 0.1) is 6.92 Å². The summed E-state index contributed by atoms with van der Waals surface area (Å²) in [5, 5.41) is 8.01. The number of benzene rings is 1. The Morgan fingerprint density at radius 3 is 2.83 bits per heavy atom. The number of halogens is 1. The summed E-state index contributed by atoms with van der Waals surface area (Å²) in [6, 6.07) is 7.61. The highest BCUT2D eigenvalue weighted by Crippen LogP contribution is 2.27. The second kappa shape index (κ2) is 6.49. The normalized spacial score (nSPS) is 10.8. The number of nitrogens with one attached hydrogen (secondary N) is 1. The van der Waals surface area contributed by atoms with E-state index in [0.29, 0.717) is 23.0 Å². The lowest BCUT2D eigenvalue weighted by atomic mass is 10.1. The predicted molar refractivity (Wildman–Crippen MR) is 92.4 cm³/mol. The van der Waals surface area contributed by atoms with E-state index in [2.05, 4.69) is 15.2 Å². The Labute approximate surface area is 144 Å². The average Bonchev–Trinajstić information content (AvgIpc) is 2.93. The molecule has 0 fully saturated rings. The molecule has 3 aromatic rings. The van der Waals surface area contributed by atoms with Crippen LogP contribution in [0.4, 0.5) is 0 Å². The number of ether oxygens (including phenoxy) is 1. The second-order valence-corrected chi connectivity index (χ2v) is 5.88. The van der Waals surface area contributed by atoms with Crippen LogP contribution in [0.3, 0.4) is 0 Å². The Balaban J connectivity index is 1.92. The van der Waals surface area contributed by atoms with Crippen molar-refractivity contribution in [1.29, 1.82) is 0 Å². The molecule has 124 valence electrons. The maximum absolute atomic E-state index is 12.6.